The molecule has 0 atom stereocenters. The van der Waals surface area contributed by atoms with Gasteiger partial charge >= 0.3 is 40.1 Å². The fraction of sp³-hybridized carbons (Fsp3) is 1.00. The summed E-state index contributed by atoms with van der Waals surface area (Å²) in [5.41, 5.74) is 0. The predicted molar refractivity (Wildman–Crippen MR) is 26.4 cm³/mol. The molecule has 0 fully saturated rings. The predicted octanol–water partition coefficient (Wildman–Crippen LogP) is 1.63. The first-order valence-corrected chi connectivity index (χ1v) is 13.3. The van der Waals surface area contributed by atoms with E-state index in [0.29, 0.717) is 0 Å². The number of hydrogen-bond acceptors (Lipinski definition) is 0. The van der Waals surface area contributed by atoms with Gasteiger partial charge in [0.15, 0.2) is 0 Å². The van der Waals surface area contributed by atoms with Crippen molar-refractivity contribution in [2.45, 2.75) is 9.88 Å². The van der Waals surface area contributed by atoms with Crippen molar-refractivity contribution in [3.8, 4) is 0 Å². The van der Waals surface area contributed by atoms with Gasteiger partial charge in [-0.25, -0.2) is 0 Å². The molecular weight excluding hydrogens is 223 g/mol. The average molecular weight is 229 g/mol. The van der Waals surface area contributed by atoms with Crippen molar-refractivity contribution >= 4 is 30.2 Å². The van der Waals surface area contributed by atoms with Gasteiger partial charge < -0.3 is 0 Å². The van der Waals surface area contributed by atoms with E-state index in [2.05, 4.69) is 22.6 Å². The molecule has 0 aromatic carbocycles. The third kappa shape index (κ3) is 10.4. The molecule has 2 heteroatoms. The molecule has 4 heavy (non-hydrogen) atoms. The van der Waals surface area contributed by atoms with Crippen LogP contribution in [0, 0.1) is 0 Å². The molecule has 0 radical (unpaired) electrons. The minimum atomic E-state index is -0.731. The van der Waals surface area contributed by atoms with Crippen LogP contribution in [0.4, 0.5) is 0 Å². The molecule has 0 bridgehead atoms. The maximum atomic E-state index is 3.47. The standard InChI is InChI=1S/2CH3.BrH.Sn/h2*1H3;1H;/q;;;+2/p-1. The van der Waals surface area contributed by atoms with Crippen LogP contribution in [0.1, 0.15) is 0 Å². The summed E-state index contributed by atoms with van der Waals surface area (Å²) in [5.74, 6) is 0. The van der Waals surface area contributed by atoms with Gasteiger partial charge in [0.25, 0.3) is 0 Å². The zero-order chi connectivity index (χ0) is 3.58. The van der Waals surface area contributed by atoms with E-state index in [1.807, 2.05) is 0 Å². The molecule has 0 heterocycles. The van der Waals surface area contributed by atoms with Crippen LogP contribution in [0.3, 0.4) is 0 Å². The summed E-state index contributed by atoms with van der Waals surface area (Å²) < 4.78 is 0. The van der Waals surface area contributed by atoms with Gasteiger partial charge in [0, 0.05) is 0 Å². The van der Waals surface area contributed by atoms with Crippen molar-refractivity contribution in [2.75, 3.05) is 0 Å². The molecule has 0 nitrogen and oxygen atoms in total. The van der Waals surface area contributed by atoms with E-state index in [0.717, 1.165) is 0 Å². The Bertz CT molecular complexity index is 10.8. The van der Waals surface area contributed by atoms with Crippen LogP contribution >= 0.6 is 12.7 Å². The van der Waals surface area contributed by atoms with E-state index in [1.165, 1.54) is 0 Å². The fourth-order valence-electron chi connectivity index (χ4n) is 0. The molecule has 0 spiro atoms. The third-order valence-corrected chi connectivity index (χ3v) is 0. The van der Waals surface area contributed by atoms with Gasteiger partial charge in [-0.15, -0.1) is 0 Å². The Kier molecular flexibility index (Phi) is 3.32. The third-order valence-electron chi connectivity index (χ3n) is 0. The zero-order valence-electron chi connectivity index (χ0n) is 2.88. The summed E-state index contributed by atoms with van der Waals surface area (Å²) >= 11 is 2.74. The molecule has 0 aliphatic heterocycles. The van der Waals surface area contributed by atoms with E-state index >= 15 is 0 Å². The molecule has 0 unspecified atom stereocenters. The van der Waals surface area contributed by atoms with Gasteiger partial charge in [-0.2, -0.15) is 0 Å². The van der Waals surface area contributed by atoms with E-state index < -0.39 is 17.5 Å². The number of rotatable bonds is 0. The molecule has 0 saturated heterocycles. The van der Waals surface area contributed by atoms with Crippen LogP contribution < -0.4 is 0 Å². The Labute approximate surface area is 40.1 Å². The second kappa shape index (κ2) is 2.51. The topological polar surface area (TPSA) is 0 Å². The Morgan fingerprint density at radius 2 is 1.50 bits per heavy atom. The summed E-state index contributed by atoms with van der Waals surface area (Å²) in [6.45, 7) is 0. The average Bonchev–Trinajstić information content (AvgIpc) is 0.811. The minimum absolute atomic E-state index is 0.731. The van der Waals surface area contributed by atoms with Crippen molar-refractivity contribution in [1.29, 1.82) is 0 Å². The maximum absolute atomic E-state index is 3.47. The van der Waals surface area contributed by atoms with Gasteiger partial charge in [-0.3, -0.25) is 0 Å². The molecule has 0 aromatic heterocycles. The number of hydrogen-bond donors (Lipinski definition) is 0. The summed E-state index contributed by atoms with van der Waals surface area (Å²) in [7, 11) is 0. The van der Waals surface area contributed by atoms with Crippen molar-refractivity contribution < 1.29 is 0 Å². The van der Waals surface area contributed by atoms with Gasteiger partial charge in [0.1, 0.15) is 0 Å². The van der Waals surface area contributed by atoms with Crippen LogP contribution in [-0.4, -0.2) is 17.5 Å². The second-order valence-electron chi connectivity index (χ2n) is 0.878. The Morgan fingerprint density at radius 1 is 1.50 bits per heavy atom. The molecule has 24 valence electrons. The molecule has 0 rings (SSSR count). The van der Waals surface area contributed by atoms with E-state index in [1.54, 1.807) is 0 Å². The SMILES string of the molecule is [CH3][Sn+]([CH3])[Br]. The van der Waals surface area contributed by atoms with Gasteiger partial charge in [-0.1, -0.05) is 0 Å². The fourth-order valence-corrected chi connectivity index (χ4v) is 0. The summed E-state index contributed by atoms with van der Waals surface area (Å²) in [6.07, 6.45) is 0. The van der Waals surface area contributed by atoms with Crippen molar-refractivity contribution in [2.24, 2.45) is 0 Å². The molecule has 0 saturated carbocycles. The quantitative estimate of drug-likeness (QED) is 0.553. The number of halogens is 1. The normalized spacial score (nSPS) is 6.75. The summed E-state index contributed by atoms with van der Waals surface area (Å²) in [6, 6.07) is 0. The summed E-state index contributed by atoms with van der Waals surface area (Å²) in [5, 5.41) is 0. The first-order chi connectivity index (χ1) is 1.73. The van der Waals surface area contributed by atoms with Gasteiger partial charge in [-0.05, 0) is 0 Å². The molecule has 0 aliphatic carbocycles. The second-order valence-corrected chi connectivity index (χ2v) is 16.5. The first kappa shape index (κ1) is 5.28. The van der Waals surface area contributed by atoms with Crippen LogP contribution in [-0.2, 0) is 0 Å². The molecular formula is C2H6BrSn+. The van der Waals surface area contributed by atoms with Crippen LogP contribution in [0.25, 0.3) is 0 Å². The Hall–Kier alpha value is 1.28. The monoisotopic (exact) mass is 229 g/mol. The zero-order valence-corrected chi connectivity index (χ0v) is 7.32. The van der Waals surface area contributed by atoms with Crippen LogP contribution in [0.15, 0.2) is 0 Å². The van der Waals surface area contributed by atoms with Gasteiger partial charge in [0.05, 0.1) is 0 Å². The van der Waals surface area contributed by atoms with E-state index in [9.17, 15) is 0 Å². The van der Waals surface area contributed by atoms with Crippen molar-refractivity contribution in [1.82, 2.24) is 0 Å². The van der Waals surface area contributed by atoms with Crippen LogP contribution in [0.2, 0.25) is 9.88 Å². The van der Waals surface area contributed by atoms with Crippen molar-refractivity contribution in [3.05, 3.63) is 0 Å². The molecule has 0 aliphatic rings. The van der Waals surface area contributed by atoms with Gasteiger partial charge in [0.2, 0.25) is 0 Å². The molecule has 0 aromatic rings. The van der Waals surface area contributed by atoms with Crippen LogP contribution in [0.5, 0.6) is 0 Å². The molecule has 0 amide bonds. The Balaban J connectivity index is 2.32. The summed E-state index contributed by atoms with van der Waals surface area (Å²) in [4.78, 5) is 4.56. The first-order valence-electron chi connectivity index (χ1n) is 1.19. The van der Waals surface area contributed by atoms with E-state index in [-0.39, 0.29) is 0 Å². The Morgan fingerprint density at radius 3 is 1.50 bits per heavy atom. The van der Waals surface area contributed by atoms with E-state index in [4.69, 9.17) is 0 Å². The van der Waals surface area contributed by atoms with Crippen molar-refractivity contribution in [3.63, 3.8) is 0 Å². The molecule has 0 N–H and O–H groups in total.